The van der Waals surface area contributed by atoms with Crippen molar-refractivity contribution in [2.45, 2.75) is 25.3 Å². The molecule has 17 heavy (non-hydrogen) atoms. The van der Waals surface area contributed by atoms with Gasteiger partial charge in [0.25, 0.3) is 0 Å². The third-order valence-corrected chi connectivity index (χ3v) is 2.85. The van der Waals surface area contributed by atoms with Crippen LogP contribution in [-0.4, -0.2) is 23.0 Å². The zero-order valence-electron chi connectivity index (χ0n) is 9.43. The predicted octanol–water partition coefficient (Wildman–Crippen LogP) is 1.21. The molecule has 1 atom stereocenters. The summed E-state index contributed by atoms with van der Waals surface area (Å²) in [4.78, 5) is 22.6. The number of hydrogen-bond acceptors (Lipinski definition) is 2. The number of aliphatic carboxylic acids is 1. The van der Waals surface area contributed by atoms with Crippen LogP contribution in [0.4, 0.5) is 0 Å². The van der Waals surface area contributed by atoms with E-state index in [2.05, 4.69) is 5.32 Å². The van der Waals surface area contributed by atoms with Gasteiger partial charge >= 0.3 is 5.97 Å². The van der Waals surface area contributed by atoms with Crippen molar-refractivity contribution in [3.8, 4) is 0 Å². The van der Waals surface area contributed by atoms with E-state index in [1.165, 1.54) is 0 Å². The van der Waals surface area contributed by atoms with Crippen molar-refractivity contribution in [3.05, 3.63) is 35.9 Å². The minimum atomic E-state index is -0.983. The van der Waals surface area contributed by atoms with E-state index in [0.29, 0.717) is 6.42 Å². The van der Waals surface area contributed by atoms with Crippen LogP contribution in [0.2, 0.25) is 0 Å². The Bertz CT molecular complexity index is 412. The summed E-state index contributed by atoms with van der Waals surface area (Å²) >= 11 is 0. The van der Waals surface area contributed by atoms with Crippen molar-refractivity contribution in [2.24, 2.45) is 5.92 Å². The Kier molecular flexibility index (Phi) is 3.42. The summed E-state index contributed by atoms with van der Waals surface area (Å²) in [7, 11) is 0. The van der Waals surface area contributed by atoms with Crippen molar-refractivity contribution in [3.63, 3.8) is 0 Å². The summed E-state index contributed by atoms with van der Waals surface area (Å²) in [6.07, 6.45) is 2.08. The molecule has 1 aliphatic rings. The van der Waals surface area contributed by atoms with E-state index in [0.717, 1.165) is 18.4 Å². The first-order valence-corrected chi connectivity index (χ1v) is 5.74. The zero-order chi connectivity index (χ0) is 12.3. The van der Waals surface area contributed by atoms with Crippen LogP contribution in [0.3, 0.4) is 0 Å². The number of benzene rings is 1. The van der Waals surface area contributed by atoms with Gasteiger partial charge < -0.3 is 10.4 Å². The first-order valence-electron chi connectivity index (χ1n) is 5.74. The van der Waals surface area contributed by atoms with Gasteiger partial charge in [0.2, 0.25) is 5.91 Å². The molecule has 4 heteroatoms. The molecule has 1 saturated carbocycles. The molecule has 0 radical (unpaired) electrons. The lowest BCUT2D eigenvalue weighted by molar-refractivity contribution is -0.142. The SMILES string of the molecule is O=C(N[C@H](Cc1ccccc1)C(=O)O)C1CC1. The molecule has 0 aromatic heterocycles. The van der Waals surface area contributed by atoms with Gasteiger partial charge in [-0.05, 0) is 18.4 Å². The normalized spacial score (nSPS) is 16.2. The lowest BCUT2D eigenvalue weighted by atomic mass is 10.1. The van der Waals surface area contributed by atoms with E-state index < -0.39 is 12.0 Å². The van der Waals surface area contributed by atoms with E-state index in [1.807, 2.05) is 30.3 Å². The van der Waals surface area contributed by atoms with Gasteiger partial charge in [0, 0.05) is 12.3 Å². The monoisotopic (exact) mass is 233 g/mol. The summed E-state index contributed by atoms with van der Waals surface area (Å²) in [5.41, 5.74) is 0.913. The van der Waals surface area contributed by atoms with Crippen molar-refractivity contribution in [1.29, 1.82) is 0 Å². The first kappa shape index (κ1) is 11.6. The molecule has 0 unspecified atom stereocenters. The number of carboxylic acids is 1. The highest BCUT2D eigenvalue weighted by molar-refractivity contribution is 5.86. The van der Waals surface area contributed by atoms with E-state index in [9.17, 15) is 9.59 Å². The van der Waals surface area contributed by atoms with Crippen molar-refractivity contribution >= 4 is 11.9 Å². The molecule has 2 rings (SSSR count). The highest BCUT2D eigenvalue weighted by Crippen LogP contribution is 2.28. The molecule has 1 aromatic carbocycles. The maximum atomic E-state index is 11.5. The largest absolute Gasteiger partial charge is 0.480 e. The van der Waals surface area contributed by atoms with Gasteiger partial charge in [-0.15, -0.1) is 0 Å². The quantitative estimate of drug-likeness (QED) is 0.803. The fourth-order valence-electron chi connectivity index (χ4n) is 1.68. The zero-order valence-corrected chi connectivity index (χ0v) is 9.43. The third kappa shape index (κ3) is 3.31. The predicted molar refractivity (Wildman–Crippen MR) is 62.4 cm³/mol. The average Bonchev–Trinajstić information content (AvgIpc) is 3.13. The first-order chi connectivity index (χ1) is 8.16. The fourth-order valence-corrected chi connectivity index (χ4v) is 1.68. The Labute approximate surface area is 99.6 Å². The molecular weight excluding hydrogens is 218 g/mol. The molecule has 1 fully saturated rings. The Hall–Kier alpha value is -1.84. The Morgan fingerprint density at radius 3 is 2.47 bits per heavy atom. The third-order valence-electron chi connectivity index (χ3n) is 2.85. The van der Waals surface area contributed by atoms with Gasteiger partial charge in [0.05, 0.1) is 0 Å². The minimum absolute atomic E-state index is 0.0348. The highest BCUT2D eigenvalue weighted by atomic mass is 16.4. The lowest BCUT2D eigenvalue weighted by Gasteiger charge is -2.14. The number of amides is 1. The van der Waals surface area contributed by atoms with Crippen LogP contribution in [0.5, 0.6) is 0 Å². The van der Waals surface area contributed by atoms with Crippen molar-refractivity contribution in [2.75, 3.05) is 0 Å². The van der Waals surface area contributed by atoms with Crippen LogP contribution < -0.4 is 5.32 Å². The second-order valence-electron chi connectivity index (χ2n) is 4.36. The van der Waals surface area contributed by atoms with Gasteiger partial charge in [-0.2, -0.15) is 0 Å². The van der Waals surface area contributed by atoms with E-state index in [-0.39, 0.29) is 11.8 Å². The molecule has 1 aliphatic carbocycles. The van der Waals surface area contributed by atoms with E-state index >= 15 is 0 Å². The molecular formula is C13H15NO3. The van der Waals surface area contributed by atoms with Crippen LogP contribution in [0, 0.1) is 5.92 Å². The smallest absolute Gasteiger partial charge is 0.326 e. The summed E-state index contributed by atoms with van der Waals surface area (Å²) in [5, 5.41) is 11.7. The molecule has 0 aliphatic heterocycles. The minimum Gasteiger partial charge on any atom is -0.480 e. The van der Waals surface area contributed by atoms with Crippen LogP contribution in [0.15, 0.2) is 30.3 Å². The van der Waals surface area contributed by atoms with Gasteiger partial charge in [0.15, 0.2) is 0 Å². The van der Waals surface area contributed by atoms with Crippen LogP contribution in [0.25, 0.3) is 0 Å². The standard InChI is InChI=1S/C13H15NO3/c15-12(10-6-7-10)14-11(13(16)17)8-9-4-2-1-3-5-9/h1-5,10-11H,6-8H2,(H,14,15)(H,16,17)/t11-/m1/s1. The topological polar surface area (TPSA) is 66.4 Å². The maximum Gasteiger partial charge on any atom is 0.326 e. The van der Waals surface area contributed by atoms with E-state index in [4.69, 9.17) is 5.11 Å². The van der Waals surface area contributed by atoms with Crippen LogP contribution in [0.1, 0.15) is 18.4 Å². The molecule has 0 spiro atoms. The number of carbonyl (C=O) groups is 2. The molecule has 90 valence electrons. The highest BCUT2D eigenvalue weighted by Gasteiger charge is 2.32. The fraction of sp³-hybridized carbons (Fsp3) is 0.385. The number of rotatable bonds is 5. The number of carbonyl (C=O) groups excluding carboxylic acids is 1. The summed E-state index contributed by atoms with van der Waals surface area (Å²) in [6, 6.07) is 8.49. The molecule has 0 heterocycles. The Morgan fingerprint density at radius 1 is 1.29 bits per heavy atom. The molecule has 0 bridgehead atoms. The van der Waals surface area contributed by atoms with Gasteiger partial charge in [-0.3, -0.25) is 4.79 Å². The number of nitrogens with one attached hydrogen (secondary N) is 1. The Morgan fingerprint density at radius 2 is 1.94 bits per heavy atom. The molecule has 1 aromatic rings. The second kappa shape index (κ2) is 4.99. The van der Waals surface area contributed by atoms with Crippen LogP contribution >= 0.6 is 0 Å². The maximum absolute atomic E-state index is 11.5. The Balaban J connectivity index is 1.97. The molecule has 2 N–H and O–H groups in total. The van der Waals surface area contributed by atoms with Crippen LogP contribution in [-0.2, 0) is 16.0 Å². The van der Waals surface area contributed by atoms with Gasteiger partial charge in [0.1, 0.15) is 6.04 Å². The van der Waals surface area contributed by atoms with E-state index in [1.54, 1.807) is 0 Å². The number of carboxylic acid groups (broad SMARTS) is 1. The van der Waals surface area contributed by atoms with Gasteiger partial charge in [-0.25, -0.2) is 4.79 Å². The lowest BCUT2D eigenvalue weighted by Crippen LogP contribution is -2.43. The summed E-state index contributed by atoms with van der Waals surface area (Å²) in [6.45, 7) is 0. The second-order valence-corrected chi connectivity index (χ2v) is 4.36. The summed E-state index contributed by atoms with van der Waals surface area (Å²) in [5.74, 6) is -1.08. The summed E-state index contributed by atoms with van der Waals surface area (Å²) < 4.78 is 0. The van der Waals surface area contributed by atoms with Crippen molar-refractivity contribution < 1.29 is 14.7 Å². The number of hydrogen-bond donors (Lipinski definition) is 2. The van der Waals surface area contributed by atoms with Crippen molar-refractivity contribution in [1.82, 2.24) is 5.32 Å². The molecule has 4 nitrogen and oxygen atoms in total. The molecule has 0 saturated heterocycles. The van der Waals surface area contributed by atoms with Gasteiger partial charge in [-0.1, -0.05) is 30.3 Å². The average molecular weight is 233 g/mol. The molecule has 1 amide bonds.